The predicted octanol–water partition coefficient (Wildman–Crippen LogP) is 5.63. The summed E-state index contributed by atoms with van der Waals surface area (Å²) in [6.45, 7) is 4.35. The van der Waals surface area contributed by atoms with Crippen LogP contribution in [-0.4, -0.2) is 51.3 Å². The van der Waals surface area contributed by atoms with E-state index >= 15 is 0 Å². The molecule has 7 nitrogen and oxygen atoms in total. The Labute approximate surface area is 230 Å². The number of halogens is 4. The second kappa shape index (κ2) is 12.7. The van der Waals surface area contributed by atoms with E-state index in [4.69, 9.17) is 16.3 Å². The van der Waals surface area contributed by atoms with Crippen LogP contribution in [0.2, 0.25) is 5.02 Å². The van der Waals surface area contributed by atoms with Crippen molar-refractivity contribution in [3.8, 4) is 17.0 Å². The Kier molecular flexibility index (Phi) is 9.79. The van der Waals surface area contributed by atoms with E-state index in [-0.39, 0.29) is 41.1 Å². The van der Waals surface area contributed by atoms with Crippen molar-refractivity contribution in [2.75, 3.05) is 6.61 Å². The van der Waals surface area contributed by atoms with E-state index in [9.17, 15) is 27.9 Å². The Hall–Kier alpha value is -3.37. The number of ketones is 1. The molecule has 1 amide bonds. The van der Waals surface area contributed by atoms with E-state index in [0.717, 1.165) is 18.1 Å². The number of carbonyl (C=O) groups excluding carboxylic acids is 2. The number of rotatable bonds is 11. The summed E-state index contributed by atoms with van der Waals surface area (Å²) < 4.78 is 44.9. The molecule has 0 saturated heterocycles. The maximum Gasteiger partial charge on any atom is 0.425 e. The van der Waals surface area contributed by atoms with E-state index in [1.54, 1.807) is 17.8 Å². The highest BCUT2D eigenvalue weighted by atomic mass is 35.5. The molecule has 3 rings (SSSR count). The molecule has 11 heteroatoms. The van der Waals surface area contributed by atoms with Crippen LogP contribution in [0.15, 0.2) is 48.7 Å². The number of nitrogens with zero attached hydrogens (tertiary/aromatic N) is 2. The molecule has 2 atom stereocenters. The van der Waals surface area contributed by atoms with Gasteiger partial charge in [-0.15, -0.1) is 0 Å². The van der Waals surface area contributed by atoms with Gasteiger partial charge < -0.3 is 19.7 Å². The minimum absolute atomic E-state index is 0.0396. The van der Waals surface area contributed by atoms with E-state index in [0.29, 0.717) is 17.9 Å². The average molecular weight is 566 g/mol. The Morgan fingerprint density at radius 1 is 1.13 bits per heavy atom. The minimum Gasteiger partial charge on any atom is -0.480 e. The van der Waals surface area contributed by atoms with Crippen LogP contribution in [0, 0.1) is 5.92 Å². The van der Waals surface area contributed by atoms with Gasteiger partial charge in [-0.25, -0.2) is 4.98 Å². The number of benzene rings is 2. The van der Waals surface area contributed by atoms with Crippen LogP contribution in [0.1, 0.15) is 53.7 Å². The molecule has 39 heavy (non-hydrogen) atoms. The smallest absolute Gasteiger partial charge is 0.425 e. The number of hydrogen-bond acceptors (Lipinski definition) is 5. The maximum atomic E-state index is 12.8. The van der Waals surface area contributed by atoms with Crippen LogP contribution >= 0.6 is 11.6 Å². The first kappa shape index (κ1) is 30.2. The normalized spacial score (nSPS) is 13.3. The van der Waals surface area contributed by atoms with Gasteiger partial charge in [-0.3, -0.25) is 9.59 Å². The quantitative estimate of drug-likeness (QED) is 0.294. The zero-order valence-corrected chi connectivity index (χ0v) is 22.8. The Morgan fingerprint density at radius 3 is 2.36 bits per heavy atom. The number of Topliss-reactive ketones (excluding diaryl/α,β-unsaturated/α-hetero) is 1. The summed E-state index contributed by atoms with van der Waals surface area (Å²) in [7, 11) is 1.78. The highest BCUT2D eigenvalue weighted by Crippen LogP contribution is 2.31. The molecular weight excluding hydrogens is 535 g/mol. The molecule has 1 heterocycles. The van der Waals surface area contributed by atoms with Gasteiger partial charge in [0, 0.05) is 42.9 Å². The number of imidazole rings is 1. The number of hydrogen-bond donors (Lipinski definition) is 2. The topological polar surface area (TPSA) is 93.4 Å². The monoisotopic (exact) mass is 565 g/mol. The largest absolute Gasteiger partial charge is 0.480 e. The summed E-state index contributed by atoms with van der Waals surface area (Å²) in [5.74, 6) is -0.483. The van der Waals surface area contributed by atoms with Gasteiger partial charge in [-0.2, -0.15) is 13.2 Å². The number of nitrogens with one attached hydrogen (secondary N) is 1. The molecule has 0 spiro atoms. The lowest BCUT2D eigenvalue weighted by Crippen LogP contribution is -2.37. The van der Waals surface area contributed by atoms with Gasteiger partial charge in [0.15, 0.2) is 11.9 Å². The molecule has 1 unspecified atom stereocenters. The molecule has 0 radical (unpaired) electrons. The Bertz CT molecular complexity index is 1310. The molecule has 0 fully saturated rings. The standard InChI is InChI=1S/C28H31ClF3N3O4/c1-16(2)25(37)26-34-23(15-35(26)4)19-7-5-18(6-8-19)13-21(11-12-36)33-27(38)20-9-10-24(22(29)14-20)39-17(3)28(30,31)32/h5-10,14-17,21,36H,11-13H2,1-4H3,(H,33,38)/t17?,21-/m1/s1. The van der Waals surface area contributed by atoms with Gasteiger partial charge >= 0.3 is 6.18 Å². The highest BCUT2D eigenvalue weighted by molar-refractivity contribution is 6.32. The van der Waals surface area contributed by atoms with Crippen molar-refractivity contribution in [3.63, 3.8) is 0 Å². The van der Waals surface area contributed by atoms with Gasteiger partial charge in [-0.05, 0) is 43.5 Å². The SMILES string of the molecule is CC(C)C(=O)c1nc(-c2ccc(C[C@@H](CCO)NC(=O)c3ccc(OC(C)C(F)(F)F)c(Cl)c3)cc2)cn1C. The maximum absolute atomic E-state index is 12.8. The molecule has 0 aliphatic heterocycles. The van der Waals surface area contributed by atoms with Crippen molar-refractivity contribution in [2.45, 2.75) is 51.9 Å². The molecule has 0 saturated carbocycles. The number of aliphatic hydroxyl groups excluding tert-OH is 1. The lowest BCUT2D eigenvalue weighted by Gasteiger charge is -2.20. The summed E-state index contributed by atoms with van der Waals surface area (Å²) in [6, 6.07) is 10.9. The lowest BCUT2D eigenvalue weighted by atomic mass is 10.0. The van der Waals surface area contributed by atoms with Crippen molar-refractivity contribution in [1.29, 1.82) is 0 Å². The molecule has 3 aromatic rings. The van der Waals surface area contributed by atoms with Crippen LogP contribution in [-0.2, 0) is 13.5 Å². The third kappa shape index (κ3) is 7.83. The molecule has 0 aliphatic carbocycles. The van der Waals surface area contributed by atoms with Crippen LogP contribution in [0.25, 0.3) is 11.3 Å². The summed E-state index contributed by atoms with van der Waals surface area (Å²) >= 11 is 6.07. The fourth-order valence-corrected chi connectivity index (χ4v) is 4.06. The summed E-state index contributed by atoms with van der Waals surface area (Å²) in [5, 5.41) is 12.2. The second-order valence-corrected chi connectivity index (χ2v) is 10.0. The third-order valence-electron chi connectivity index (χ3n) is 6.12. The van der Waals surface area contributed by atoms with Gasteiger partial charge in [0.2, 0.25) is 5.78 Å². The van der Waals surface area contributed by atoms with Gasteiger partial charge in [-0.1, -0.05) is 49.7 Å². The highest BCUT2D eigenvalue weighted by Gasteiger charge is 2.38. The Balaban J connectivity index is 1.68. The van der Waals surface area contributed by atoms with E-state index in [2.05, 4.69) is 10.3 Å². The molecule has 2 aromatic carbocycles. The minimum atomic E-state index is -4.55. The number of aryl methyl sites for hydroxylation is 1. The van der Waals surface area contributed by atoms with E-state index in [1.165, 1.54) is 18.2 Å². The van der Waals surface area contributed by atoms with Crippen LogP contribution in [0.5, 0.6) is 5.75 Å². The Morgan fingerprint density at radius 2 is 1.79 bits per heavy atom. The van der Waals surface area contributed by atoms with Crippen molar-refractivity contribution in [2.24, 2.45) is 13.0 Å². The molecular formula is C28H31ClF3N3O4. The van der Waals surface area contributed by atoms with Crippen molar-refractivity contribution in [3.05, 3.63) is 70.6 Å². The zero-order valence-electron chi connectivity index (χ0n) is 22.1. The molecule has 1 aromatic heterocycles. The molecule has 210 valence electrons. The van der Waals surface area contributed by atoms with E-state index < -0.39 is 24.2 Å². The third-order valence-corrected chi connectivity index (χ3v) is 6.42. The van der Waals surface area contributed by atoms with Crippen LogP contribution < -0.4 is 10.1 Å². The lowest BCUT2D eigenvalue weighted by molar-refractivity contribution is -0.189. The van der Waals surface area contributed by atoms with E-state index in [1.807, 2.05) is 38.1 Å². The van der Waals surface area contributed by atoms with Crippen molar-refractivity contribution >= 4 is 23.3 Å². The zero-order chi connectivity index (χ0) is 28.9. The van der Waals surface area contributed by atoms with Crippen molar-refractivity contribution < 1.29 is 32.6 Å². The fraction of sp³-hybridized carbons (Fsp3) is 0.393. The van der Waals surface area contributed by atoms with Crippen LogP contribution in [0.4, 0.5) is 13.2 Å². The molecule has 0 bridgehead atoms. The molecule has 2 N–H and O–H groups in total. The second-order valence-electron chi connectivity index (χ2n) is 9.61. The first-order valence-corrected chi connectivity index (χ1v) is 12.8. The average Bonchev–Trinajstić information content (AvgIpc) is 3.25. The number of aliphatic hydroxyl groups is 1. The fourth-order valence-electron chi connectivity index (χ4n) is 3.83. The summed E-state index contributed by atoms with van der Waals surface area (Å²) in [5.41, 5.74) is 2.54. The number of carbonyl (C=O) groups is 2. The molecule has 0 aliphatic rings. The number of aromatic nitrogens is 2. The summed E-state index contributed by atoms with van der Waals surface area (Å²) in [4.78, 5) is 29.7. The van der Waals surface area contributed by atoms with Gasteiger partial charge in [0.05, 0.1) is 10.7 Å². The summed E-state index contributed by atoms with van der Waals surface area (Å²) in [6.07, 6.45) is -4.11. The number of alkyl halides is 3. The number of amides is 1. The first-order valence-electron chi connectivity index (χ1n) is 12.4. The van der Waals surface area contributed by atoms with Crippen LogP contribution in [0.3, 0.4) is 0 Å². The first-order chi connectivity index (χ1) is 18.3. The predicted molar refractivity (Wildman–Crippen MR) is 142 cm³/mol. The number of ether oxygens (including phenoxy) is 1. The van der Waals surface area contributed by atoms with Gasteiger partial charge in [0.1, 0.15) is 5.75 Å². The van der Waals surface area contributed by atoms with Gasteiger partial charge in [0.25, 0.3) is 5.91 Å². The van der Waals surface area contributed by atoms with Crippen molar-refractivity contribution in [1.82, 2.24) is 14.9 Å².